The van der Waals surface area contributed by atoms with Gasteiger partial charge in [0, 0.05) is 22.9 Å². The number of nitrogens with two attached hydrogens (primary N) is 1. The van der Waals surface area contributed by atoms with Crippen molar-refractivity contribution in [1.82, 2.24) is 10.3 Å². The maximum atomic E-state index is 12.7. The number of aliphatic hydroxyl groups excluding tert-OH is 1. The molecule has 2 aromatic rings. The number of carboxylic acids is 1. The van der Waals surface area contributed by atoms with Gasteiger partial charge in [0.1, 0.15) is 12.3 Å². The molecule has 5 N–H and O–H groups in total. The van der Waals surface area contributed by atoms with Crippen LogP contribution in [0.4, 0.5) is 5.69 Å². The molecule has 1 amide bonds. The quantitative estimate of drug-likeness (QED) is 0.283. The number of aliphatic carboxylic acids is 1. The zero-order valence-electron chi connectivity index (χ0n) is 18.6. The van der Waals surface area contributed by atoms with Gasteiger partial charge < -0.3 is 21.4 Å². The summed E-state index contributed by atoms with van der Waals surface area (Å²) in [6.07, 6.45) is 4.72. The van der Waals surface area contributed by atoms with Crippen LogP contribution in [0.1, 0.15) is 30.5 Å². The molecule has 174 valence electrons. The van der Waals surface area contributed by atoms with Gasteiger partial charge in [-0.05, 0) is 38.1 Å². The number of allylic oxidation sites excluding steroid dienone is 1. The van der Waals surface area contributed by atoms with E-state index in [0.29, 0.717) is 28.1 Å². The predicted molar refractivity (Wildman–Crippen MR) is 132 cm³/mol. The average Bonchev–Trinajstić information content (AvgIpc) is 2.84. The maximum absolute atomic E-state index is 12.7. The van der Waals surface area contributed by atoms with Gasteiger partial charge in [0.05, 0.1) is 17.6 Å². The zero-order chi connectivity index (χ0) is 24.7. The molecule has 10 heteroatoms. The number of nitrogens with zero attached hydrogens (tertiary/aromatic N) is 4. The third-order valence-electron chi connectivity index (χ3n) is 4.86. The smallest absolute Gasteiger partial charge is 0.322 e. The first-order chi connectivity index (χ1) is 16.4. The topological polar surface area (TPSA) is 153 Å². The third kappa shape index (κ3) is 5.01. The van der Waals surface area contributed by atoms with Gasteiger partial charge in [-0.15, -0.1) is 0 Å². The van der Waals surface area contributed by atoms with Crippen LogP contribution in [0.15, 0.2) is 75.5 Å². The van der Waals surface area contributed by atoms with Gasteiger partial charge in [0.15, 0.2) is 11.5 Å². The van der Waals surface area contributed by atoms with Gasteiger partial charge in [-0.2, -0.15) is 10.2 Å². The summed E-state index contributed by atoms with van der Waals surface area (Å²) in [5, 5.41) is 31.4. The molecule has 3 rings (SSSR count). The fraction of sp³-hybridized carbons (Fsp3) is 0.125. The number of nitrogens with one attached hydrogen (secondary N) is 1. The number of hydrogen-bond donors (Lipinski definition) is 4. The SMILES string of the molecule is C/C=N\N1C(C(=O)NCC(=O)O)=C(O)c2ccc(/C(C=Nc3ccccc3)=N/N)cc2/C1=C\C. The molecule has 0 unspecified atom stereocenters. The van der Waals surface area contributed by atoms with Crippen molar-refractivity contribution in [3.63, 3.8) is 0 Å². The lowest BCUT2D eigenvalue weighted by atomic mass is 9.93. The highest BCUT2D eigenvalue weighted by Crippen LogP contribution is 2.38. The Morgan fingerprint density at radius 3 is 2.47 bits per heavy atom. The van der Waals surface area contributed by atoms with E-state index in [1.54, 1.807) is 38.1 Å². The van der Waals surface area contributed by atoms with E-state index in [2.05, 4.69) is 20.5 Å². The summed E-state index contributed by atoms with van der Waals surface area (Å²) in [5.41, 5.74) is 3.03. The molecule has 1 aliphatic rings. The normalized spacial score (nSPS) is 15.3. The Hall–Kier alpha value is -4.73. The second-order valence-electron chi connectivity index (χ2n) is 7.00. The van der Waals surface area contributed by atoms with Crippen LogP contribution < -0.4 is 11.2 Å². The summed E-state index contributed by atoms with van der Waals surface area (Å²) >= 11 is 0. The summed E-state index contributed by atoms with van der Waals surface area (Å²) in [6.45, 7) is 2.81. The molecule has 2 aromatic carbocycles. The molecule has 1 heterocycles. The molecule has 0 bridgehead atoms. The van der Waals surface area contributed by atoms with Crippen LogP contribution in [0.3, 0.4) is 0 Å². The van der Waals surface area contributed by atoms with Crippen molar-refractivity contribution in [1.29, 1.82) is 0 Å². The van der Waals surface area contributed by atoms with Gasteiger partial charge in [0.2, 0.25) is 0 Å². The number of para-hydroxylation sites is 1. The maximum Gasteiger partial charge on any atom is 0.322 e. The first-order valence-electron chi connectivity index (χ1n) is 10.3. The van der Waals surface area contributed by atoms with Crippen LogP contribution in [-0.2, 0) is 9.59 Å². The highest BCUT2D eigenvalue weighted by Gasteiger charge is 2.33. The van der Waals surface area contributed by atoms with E-state index in [1.165, 1.54) is 17.4 Å². The van der Waals surface area contributed by atoms with Crippen molar-refractivity contribution in [3.05, 3.63) is 77.0 Å². The number of aliphatic imine (C=N–C) groups is 1. The van der Waals surface area contributed by atoms with Gasteiger partial charge in [-0.3, -0.25) is 14.6 Å². The Morgan fingerprint density at radius 1 is 1.12 bits per heavy atom. The summed E-state index contributed by atoms with van der Waals surface area (Å²) < 4.78 is 0. The van der Waals surface area contributed by atoms with Crippen molar-refractivity contribution in [2.45, 2.75) is 13.8 Å². The summed E-state index contributed by atoms with van der Waals surface area (Å²) in [4.78, 5) is 28.0. The molecular weight excluding hydrogens is 436 g/mol. The molecule has 0 radical (unpaired) electrons. The molecule has 10 nitrogen and oxygen atoms in total. The number of hydrazone groups is 2. The molecule has 0 saturated heterocycles. The number of aliphatic hydroxyl groups is 1. The number of rotatable bonds is 7. The van der Waals surface area contributed by atoms with E-state index in [9.17, 15) is 14.7 Å². The molecule has 0 aliphatic carbocycles. The van der Waals surface area contributed by atoms with E-state index >= 15 is 0 Å². The van der Waals surface area contributed by atoms with Crippen LogP contribution in [0.25, 0.3) is 11.5 Å². The highest BCUT2D eigenvalue weighted by molar-refractivity contribution is 6.38. The van der Waals surface area contributed by atoms with Gasteiger partial charge in [-0.25, -0.2) is 5.01 Å². The number of amides is 1. The van der Waals surface area contributed by atoms with Crippen LogP contribution in [0, 0.1) is 0 Å². The van der Waals surface area contributed by atoms with E-state index in [1.807, 2.05) is 30.3 Å². The van der Waals surface area contributed by atoms with Crippen molar-refractivity contribution in [2.24, 2.45) is 21.0 Å². The number of benzene rings is 2. The van der Waals surface area contributed by atoms with E-state index in [4.69, 9.17) is 10.9 Å². The number of fused-ring (bicyclic) bond motifs is 1. The van der Waals surface area contributed by atoms with Crippen molar-refractivity contribution in [3.8, 4) is 0 Å². The minimum absolute atomic E-state index is 0.189. The largest absolute Gasteiger partial charge is 0.505 e. The Morgan fingerprint density at radius 2 is 1.85 bits per heavy atom. The highest BCUT2D eigenvalue weighted by atomic mass is 16.4. The molecule has 0 fully saturated rings. The number of carbonyl (C=O) groups excluding carboxylic acids is 1. The summed E-state index contributed by atoms with van der Waals surface area (Å²) in [6, 6.07) is 14.4. The molecule has 0 atom stereocenters. The van der Waals surface area contributed by atoms with Crippen LogP contribution in [0.5, 0.6) is 0 Å². The van der Waals surface area contributed by atoms with Gasteiger partial charge >= 0.3 is 5.97 Å². The minimum Gasteiger partial charge on any atom is -0.505 e. The van der Waals surface area contributed by atoms with E-state index in [-0.39, 0.29) is 11.5 Å². The first kappa shape index (κ1) is 23.9. The lowest BCUT2D eigenvalue weighted by Gasteiger charge is -2.31. The number of hydrogen-bond acceptors (Lipinski definition) is 8. The predicted octanol–water partition coefficient (Wildman–Crippen LogP) is 2.86. The Labute approximate surface area is 196 Å². The van der Waals surface area contributed by atoms with Crippen molar-refractivity contribution < 1.29 is 19.8 Å². The molecular formula is C24H24N6O4. The summed E-state index contributed by atoms with van der Waals surface area (Å²) in [5.74, 6) is 3.29. The lowest BCUT2D eigenvalue weighted by Crippen LogP contribution is -2.37. The number of carbonyl (C=O) groups is 2. The second kappa shape index (κ2) is 10.7. The van der Waals surface area contributed by atoms with Crippen LogP contribution >= 0.6 is 0 Å². The van der Waals surface area contributed by atoms with Crippen LogP contribution in [-0.4, -0.2) is 51.8 Å². The fourth-order valence-corrected chi connectivity index (χ4v) is 3.37. The average molecular weight is 460 g/mol. The van der Waals surface area contributed by atoms with E-state index in [0.717, 1.165) is 5.69 Å². The first-order valence-corrected chi connectivity index (χ1v) is 10.3. The standard InChI is InChI=1S/C24H24N6O4/c1-3-20-18-12-15(19(29-25)13-26-16-8-6-5-7-9-16)10-11-17(18)23(33)22(30(20)28-4-2)24(34)27-14-21(31)32/h3-13,33H,14,25H2,1-2H3,(H,27,34)(H,31,32)/b20-3+,26-13?,28-4-,29-19+. The molecule has 0 aromatic heterocycles. The third-order valence-corrected chi connectivity index (χ3v) is 4.86. The summed E-state index contributed by atoms with van der Waals surface area (Å²) in [7, 11) is 0. The Balaban J connectivity index is 2.08. The van der Waals surface area contributed by atoms with Crippen molar-refractivity contribution in [2.75, 3.05) is 6.54 Å². The lowest BCUT2D eigenvalue weighted by molar-refractivity contribution is -0.137. The van der Waals surface area contributed by atoms with Gasteiger partial charge in [0.25, 0.3) is 5.91 Å². The molecule has 0 spiro atoms. The number of carboxylic acid groups (broad SMARTS) is 1. The molecule has 0 saturated carbocycles. The zero-order valence-corrected chi connectivity index (χ0v) is 18.6. The fourth-order valence-electron chi connectivity index (χ4n) is 3.37. The second-order valence-corrected chi connectivity index (χ2v) is 7.00. The Bertz CT molecular complexity index is 1250. The monoisotopic (exact) mass is 460 g/mol. The Kier molecular flexibility index (Phi) is 7.55. The van der Waals surface area contributed by atoms with Crippen LogP contribution in [0.2, 0.25) is 0 Å². The van der Waals surface area contributed by atoms with Gasteiger partial charge in [-0.1, -0.05) is 30.3 Å². The molecule has 1 aliphatic heterocycles. The van der Waals surface area contributed by atoms with Crippen molar-refractivity contribution >= 4 is 47.2 Å². The van der Waals surface area contributed by atoms with E-state index < -0.39 is 18.4 Å². The minimum atomic E-state index is -1.21. The molecule has 34 heavy (non-hydrogen) atoms.